The highest BCUT2D eigenvalue weighted by atomic mass is 19.1. The summed E-state index contributed by atoms with van der Waals surface area (Å²) in [7, 11) is 0. The Hall–Kier alpha value is -1.75. The molecule has 112 valence electrons. The van der Waals surface area contributed by atoms with Crippen LogP contribution in [0, 0.1) is 5.82 Å². The number of nitrogens with zero attached hydrogens (tertiary/aromatic N) is 3. The van der Waals surface area contributed by atoms with Crippen molar-refractivity contribution in [2.45, 2.75) is 45.2 Å². The van der Waals surface area contributed by atoms with Crippen molar-refractivity contribution in [1.29, 1.82) is 0 Å². The van der Waals surface area contributed by atoms with Crippen LogP contribution in [-0.4, -0.2) is 27.6 Å². The molecule has 1 aliphatic carbocycles. The van der Waals surface area contributed by atoms with Gasteiger partial charge in [0.1, 0.15) is 5.82 Å². The Kier molecular flexibility index (Phi) is 4.29. The van der Waals surface area contributed by atoms with Gasteiger partial charge in [0.05, 0.1) is 6.54 Å². The molecule has 0 unspecified atom stereocenters. The fraction of sp³-hybridized carbons (Fsp3) is 0.500. The van der Waals surface area contributed by atoms with Crippen molar-refractivity contribution in [3.63, 3.8) is 0 Å². The molecule has 21 heavy (non-hydrogen) atoms. The maximum atomic E-state index is 13.2. The summed E-state index contributed by atoms with van der Waals surface area (Å²) >= 11 is 0. The minimum absolute atomic E-state index is 0.170. The average molecular weight is 289 g/mol. The first kappa shape index (κ1) is 14.2. The molecule has 0 saturated heterocycles. The van der Waals surface area contributed by atoms with Crippen LogP contribution < -0.4 is 0 Å². The van der Waals surface area contributed by atoms with E-state index in [9.17, 15) is 4.39 Å². The Labute approximate surface area is 124 Å². The first-order chi connectivity index (χ1) is 10.2. The first-order valence-electron chi connectivity index (χ1n) is 7.54. The molecule has 1 aromatic carbocycles. The minimum atomic E-state index is -0.170. The third-order valence-corrected chi connectivity index (χ3v) is 3.80. The maximum Gasteiger partial charge on any atom is 0.226 e. The molecule has 0 radical (unpaired) electrons. The topological polar surface area (TPSA) is 42.2 Å². The van der Waals surface area contributed by atoms with Crippen molar-refractivity contribution in [2.24, 2.45) is 0 Å². The molecule has 0 atom stereocenters. The molecule has 0 amide bonds. The maximum absolute atomic E-state index is 13.2. The Morgan fingerprint density at radius 3 is 2.90 bits per heavy atom. The summed E-state index contributed by atoms with van der Waals surface area (Å²) in [5.74, 6) is 1.26. The van der Waals surface area contributed by atoms with Crippen LogP contribution >= 0.6 is 0 Å². The summed E-state index contributed by atoms with van der Waals surface area (Å²) in [6.07, 6.45) is 4.05. The molecule has 0 N–H and O–H groups in total. The van der Waals surface area contributed by atoms with Gasteiger partial charge < -0.3 is 4.52 Å². The standard InChI is InChI=1S/C16H20FN3O/c1-2-16-18-15(19-21-16)11-20(14-6-7-14)9-8-12-4-3-5-13(17)10-12/h3-5,10,14H,2,6-9,11H2,1H3. The lowest BCUT2D eigenvalue weighted by Gasteiger charge is -2.20. The summed E-state index contributed by atoms with van der Waals surface area (Å²) in [5, 5.41) is 4.02. The lowest BCUT2D eigenvalue weighted by atomic mass is 10.1. The van der Waals surface area contributed by atoms with E-state index in [2.05, 4.69) is 15.0 Å². The predicted octanol–water partition coefficient (Wildman–Crippen LogP) is 2.98. The summed E-state index contributed by atoms with van der Waals surface area (Å²) in [4.78, 5) is 6.74. The quantitative estimate of drug-likeness (QED) is 0.786. The molecule has 0 aliphatic heterocycles. The zero-order valence-electron chi connectivity index (χ0n) is 12.3. The van der Waals surface area contributed by atoms with E-state index in [-0.39, 0.29) is 5.82 Å². The van der Waals surface area contributed by atoms with E-state index in [0.29, 0.717) is 18.5 Å². The molecular weight excluding hydrogens is 269 g/mol. The third-order valence-electron chi connectivity index (χ3n) is 3.80. The lowest BCUT2D eigenvalue weighted by Crippen LogP contribution is -2.28. The Bertz CT molecular complexity index is 595. The second-order valence-corrected chi connectivity index (χ2v) is 5.54. The van der Waals surface area contributed by atoms with Crippen LogP contribution in [0.3, 0.4) is 0 Å². The number of rotatable bonds is 7. The van der Waals surface area contributed by atoms with Crippen LogP contribution in [-0.2, 0) is 19.4 Å². The molecule has 0 bridgehead atoms. The van der Waals surface area contributed by atoms with E-state index in [1.165, 1.54) is 18.9 Å². The zero-order valence-corrected chi connectivity index (χ0v) is 12.3. The van der Waals surface area contributed by atoms with E-state index < -0.39 is 0 Å². The third kappa shape index (κ3) is 3.88. The zero-order chi connectivity index (χ0) is 14.7. The molecule has 1 fully saturated rings. The van der Waals surface area contributed by atoms with Crippen molar-refractivity contribution in [2.75, 3.05) is 6.54 Å². The van der Waals surface area contributed by atoms with Crippen LogP contribution in [0.2, 0.25) is 0 Å². The second-order valence-electron chi connectivity index (χ2n) is 5.54. The van der Waals surface area contributed by atoms with Crippen molar-refractivity contribution >= 4 is 0 Å². The minimum Gasteiger partial charge on any atom is -0.339 e. The van der Waals surface area contributed by atoms with E-state index >= 15 is 0 Å². The van der Waals surface area contributed by atoms with Crippen molar-refractivity contribution in [3.8, 4) is 0 Å². The highest BCUT2D eigenvalue weighted by molar-refractivity contribution is 5.16. The van der Waals surface area contributed by atoms with E-state index in [0.717, 1.165) is 30.8 Å². The fourth-order valence-corrected chi connectivity index (χ4v) is 2.48. The molecule has 3 rings (SSSR count). The van der Waals surface area contributed by atoms with Gasteiger partial charge in [0.25, 0.3) is 0 Å². The molecule has 2 aromatic rings. The largest absolute Gasteiger partial charge is 0.339 e. The van der Waals surface area contributed by atoms with Crippen LogP contribution in [0.5, 0.6) is 0 Å². The molecule has 1 heterocycles. The van der Waals surface area contributed by atoms with Crippen molar-refractivity contribution in [1.82, 2.24) is 15.0 Å². The number of hydrogen-bond donors (Lipinski definition) is 0. The number of aryl methyl sites for hydroxylation is 1. The van der Waals surface area contributed by atoms with Gasteiger partial charge in [-0.05, 0) is 37.0 Å². The summed E-state index contributed by atoms with van der Waals surface area (Å²) in [6, 6.07) is 7.43. The van der Waals surface area contributed by atoms with Gasteiger partial charge in [-0.15, -0.1) is 0 Å². The van der Waals surface area contributed by atoms with Gasteiger partial charge in [0, 0.05) is 19.0 Å². The molecule has 1 aliphatic rings. The van der Waals surface area contributed by atoms with E-state index in [1.54, 1.807) is 12.1 Å². The monoisotopic (exact) mass is 289 g/mol. The van der Waals surface area contributed by atoms with Crippen LogP contribution in [0.1, 0.15) is 37.0 Å². The number of aromatic nitrogens is 2. The number of halogens is 1. The van der Waals surface area contributed by atoms with Gasteiger partial charge in [0.15, 0.2) is 5.82 Å². The molecule has 5 heteroatoms. The summed E-state index contributed by atoms with van der Waals surface area (Å²) in [5.41, 5.74) is 1.03. The molecular formula is C16H20FN3O. The second kappa shape index (κ2) is 6.35. The lowest BCUT2D eigenvalue weighted by molar-refractivity contribution is 0.246. The Morgan fingerprint density at radius 2 is 2.24 bits per heavy atom. The Balaban J connectivity index is 1.59. The van der Waals surface area contributed by atoms with Crippen LogP contribution in [0.25, 0.3) is 0 Å². The summed E-state index contributed by atoms with van der Waals surface area (Å²) in [6.45, 7) is 3.60. The highest BCUT2D eigenvalue weighted by Crippen LogP contribution is 2.28. The summed E-state index contributed by atoms with van der Waals surface area (Å²) < 4.78 is 18.4. The van der Waals surface area contributed by atoms with Crippen molar-refractivity contribution < 1.29 is 8.91 Å². The SMILES string of the molecule is CCc1nc(CN(CCc2cccc(F)c2)C2CC2)no1. The van der Waals surface area contributed by atoms with Gasteiger partial charge in [-0.25, -0.2) is 4.39 Å². The van der Waals surface area contributed by atoms with Crippen LogP contribution in [0.4, 0.5) is 4.39 Å². The predicted molar refractivity (Wildman–Crippen MR) is 77.2 cm³/mol. The van der Waals surface area contributed by atoms with Crippen molar-refractivity contribution in [3.05, 3.63) is 47.4 Å². The number of benzene rings is 1. The molecule has 0 spiro atoms. The van der Waals surface area contributed by atoms with E-state index in [1.807, 2.05) is 13.0 Å². The molecule has 1 aromatic heterocycles. The fourth-order valence-electron chi connectivity index (χ4n) is 2.48. The highest BCUT2D eigenvalue weighted by Gasteiger charge is 2.29. The normalized spacial score (nSPS) is 14.8. The smallest absolute Gasteiger partial charge is 0.226 e. The molecule has 4 nitrogen and oxygen atoms in total. The van der Waals surface area contributed by atoms with Gasteiger partial charge in [-0.3, -0.25) is 4.90 Å². The Morgan fingerprint density at radius 1 is 1.38 bits per heavy atom. The van der Waals surface area contributed by atoms with Gasteiger partial charge in [-0.1, -0.05) is 24.2 Å². The van der Waals surface area contributed by atoms with Gasteiger partial charge in [-0.2, -0.15) is 4.98 Å². The van der Waals surface area contributed by atoms with Gasteiger partial charge in [0.2, 0.25) is 5.89 Å². The first-order valence-corrected chi connectivity index (χ1v) is 7.54. The average Bonchev–Trinajstić information content (AvgIpc) is 3.23. The van der Waals surface area contributed by atoms with Crippen LogP contribution in [0.15, 0.2) is 28.8 Å². The number of hydrogen-bond acceptors (Lipinski definition) is 4. The van der Waals surface area contributed by atoms with E-state index in [4.69, 9.17) is 4.52 Å². The molecule has 1 saturated carbocycles. The van der Waals surface area contributed by atoms with Gasteiger partial charge >= 0.3 is 0 Å².